The van der Waals surface area contributed by atoms with Gasteiger partial charge in [0, 0.05) is 12.4 Å². The first-order valence-electron chi connectivity index (χ1n) is 1.00. The molecule has 0 aromatic heterocycles. The van der Waals surface area contributed by atoms with Gasteiger partial charge in [0.2, 0.25) is 0 Å². The molecule has 0 fully saturated rings. The number of rotatable bonds is 0. The molecule has 0 aromatic carbocycles. The standard InChI is InChI=1S/C2H6N2.H3N/c3-1-2-4;/h1-2H,3-4H2;1H3/b2-1+;. The molecule has 5 heavy (non-hydrogen) atoms. The molecule has 0 aliphatic carbocycles. The maximum Gasteiger partial charge on any atom is 0.00957 e. The van der Waals surface area contributed by atoms with E-state index in [0.29, 0.717) is 0 Å². The van der Waals surface area contributed by atoms with E-state index in [1.807, 2.05) is 0 Å². The fourth-order valence-electron chi connectivity index (χ4n) is 0. The minimum absolute atomic E-state index is 0. The average molecular weight is 75.1 g/mol. The second-order valence-electron chi connectivity index (χ2n) is 0.385. The Bertz CT molecular complexity index is 20.1. The molecule has 0 aliphatic heterocycles. The van der Waals surface area contributed by atoms with E-state index in [2.05, 4.69) is 0 Å². The summed E-state index contributed by atoms with van der Waals surface area (Å²) in [6.07, 6.45) is 2.56. The van der Waals surface area contributed by atoms with Crippen molar-refractivity contribution in [3.05, 3.63) is 12.4 Å². The second kappa shape index (κ2) is 10.3. The Kier molecular flexibility index (Phi) is 18.3. The minimum Gasteiger partial charge on any atom is -0.403 e. The van der Waals surface area contributed by atoms with Gasteiger partial charge < -0.3 is 17.6 Å². The van der Waals surface area contributed by atoms with E-state index in [0.717, 1.165) is 0 Å². The first kappa shape index (κ1) is 8.85. The molecule has 0 atom stereocenters. The van der Waals surface area contributed by atoms with Crippen LogP contribution in [0.2, 0.25) is 0 Å². The highest BCUT2D eigenvalue weighted by atomic mass is 14.6. The fourth-order valence-corrected chi connectivity index (χ4v) is 0. The Labute approximate surface area is 31.2 Å². The Morgan fingerprint density at radius 2 is 1.20 bits per heavy atom. The van der Waals surface area contributed by atoms with Crippen molar-refractivity contribution in [1.82, 2.24) is 6.15 Å². The lowest BCUT2D eigenvalue weighted by Gasteiger charge is -1.56. The Morgan fingerprint density at radius 1 is 1.00 bits per heavy atom. The van der Waals surface area contributed by atoms with Gasteiger partial charge in [-0.3, -0.25) is 0 Å². The highest BCUT2D eigenvalue weighted by molar-refractivity contribution is 4.64. The minimum atomic E-state index is 0. The maximum atomic E-state index is 4.72. The molecule has 0 radical (unpaired) electrons. The summed E-state index contributed by atoms with van der Waals surface area (Å²) in [4.78, 5) is 0. The molecule has 0 unspecified atom stereocenters. The van der Waals surface area contributed by atoms with E-state index in [9.17, 15) is 0 Å². The van der Waals surface area contributed by atoms with E-state index in [1.165, 1.54) is 12.4 Å². The summed E-state index contributed by atoms with van der Waals surface area (Å²) >= 11 is 0. The first-order chi connectivity index (χ1) is 1.91. The number of hydrogen-bond donors (Lipinski definition) is 3. The van der Waals surface area contributed by atoms with Crippen LogP contribution in [-0.4, -0.2) is 0 Å². The van der Waals surface area contributed by atoms with Crippen LogP contribution in [0.1, 0.15) is 0 Å². The van der Waals surface area contributed by atoms with Gasteiger partial charge in [0.25, 0.3) is 0 Å². The molecule has 3 nitrogen and oxygen atoms in total. The summed E-state index contributed by atoms with van der Waals surface area (Å²) in [6, 6.07) is 0. The Balaban J connectivity index is 0. The molecule has 0 rings (SSSR count). The van der Waals surface area contributed by atoms with Gasteiger partial charge in [-0.05, 0) is 0 Å². The summed E-state index contributed by atoms with van der Waals surface area (Å²) in [5.74, 6) is 0. The number of hydrogen-bond acceptors (Lipinski definition) is 3. The predicted molar refractivity (Wildman–Crippen MR) is 22.5 cm³/mol. The number of nitrogens with two attached hydrogens (primary N) is 2. The van der Waals surface area contributed by atoms with Crippen LogP contribution in [0.5, 0.6) is 0 Å². The lowest BCUT2D eigenvalue weighted by atomic mass is 11.0. The molecule has 32 valence electrons. The molecule has 3 heteroatoms. The molecular weight excluding hydrogens is 66.0 g/mol. The molecule has 7 N–H and O–H groups in total. The van der Waals surface area contributed by atoms with Crippen LogP contribution < -0.4 is 17.6 Å². The van der Waals surface area contributed by atoms with Gasteiger partial charge in [-0.2, -0.15) is 0 Å². The van der Waals surface area contributed by atoms with Gasteiger partial charge in [0.05, 0.1) is 0 Å². The summed E-state index contributed by atoms with van der Waals surface area (Å²) in [5.41, 5.74) is 9.44. The average Bonchev–Trinajstić information content (AvgIpc) is 1.37. The topological polar surface area (TPSA) is 87.0 Å². The predicted octanol–water partition coefficient (Wildman–Crippen LogP) is -0.463. The molecule has 0 spiro atoms. The summed E-state index contributed by atoms with van der Waals surface area (Å²) in [6.45, 7) is 0. The molecule has 0 saturated carbocycles. The third-order valence-electron chi connectivity index (χ3n) is 0.111. The monoisotopic (exact) mass is 75.1 g/mol. The zero-order chi connectivity index (χ0) is 3.41. The highest BCUT2D eigenvalue weighted by Crippen LogP contribution is 1.30. The first-order valence-corrected chi connectivity index (χ1v) is 1.00. The van der Waals surface area contributed by atoms with E-state index < -0.39 is 0 Å². The third-order valence-corrected chi connectivity index (χ3v) is 0.111. The van der Waals surface area contributed by atoms with Crippen LogP contribution in [0.4, 0.5) is 0 Å². The van der Waals surface area contributed by atoms with Crippen molar-refractivity contribution < 1.29 is 0 Å². The van der Waals surface area contributed by atoms with Gasteiger partial charge in [0.1, 0.15) is 0 Å². The van der Waals surface area contributed by atoms with Crippen molar-refractivity contribution in [2.45, 2.75) is 0 Å². The Hall–Kier alpha value is -0.700. The van der Waals surface area contributed by atoms with Gasteiger partial charge in [0.15, 0.2) is 0 Å². The third kappa shape index (κ3) is 62.0. The smallest absolute Gasteiger partial charge is 0.00957 e. The van der Waals surface area contributed by atoms with E-state index in [1.54, 1.807) is 0 Å². The van der Waals surface area contributed by atoms with Crippen molar-refractivity contribution in [3.8, 4) is 0 Å². The lowest BCUT2D eigenvalue weighted by Crippen LogP contribution is -1.81. The van der Waals surface area contributed by atoms with Gasteiger partial charge >= 0.3 is 0 Å². The van der Waals surface area contributed by atoms with E-state index >= 15 is 0 Å². The van der Waals surface area contributed by atoms with Gasteiger partial charge in [-0.25, -0.2) is 0 Å². The quantitative estimate of drug-likeness (QED) is 0.364. The van der Waals surface area contributed by atoms with Crippen LogP contribution in [0, 0.1) is 0 Å². The fraction of sp³-hybridized carbons (Fsp3) is 0. The van der Waals surface area contributed by atoms with Crippen molar-refractivity contribution in [2.24, 2.45) is 11.5 Å². The maximum absolute atomic E-state index is 4.72. The van der Waals surface area contributed by atoms with Crippen molar-refractivity contribution in [1.29, 1.82) is 0 Å². The molecule has 0 saturated heterocycles. The molecule has 0 heterocycles. The van der Waals surface area contributed by atoms with Gasteiger partial charge in [-0.15, -0.1) is 0 Å². The van der Waals surface area contributed by atoms with Crippen LogP contribution >= 0.6 is 0 Å². The van der Waals surface area contributed by atoms with E-state index in [-0.39, 0.29) is 6.15 Å². The van der Waals surface area contributed by atoms with Crippen LogP contribution in [0.15, 0.2) is 12.4 Å². The SMILES string of the molecule is N.N/C=C/N. The summed E-state index contributed by atoms with van der Waals surface area (Å²) in [7, 11) is 0. The Morgan fingerprint density at radius 3 is 1.20 bits per heavy atom. The highest BCUT2D eigenvalue weighted by Gasteiger charge is 1.30. The molecule has 0 amide bonds. The van der Waals surface area contributed by atoms with E-state index in [4.69, 9.17) is 11.5 Å². The largest absolute Gasteiger partial charge is 0.403 e. The molecule has 0 aromatic rings. The van der Waals surface area contributed by atoms with Gasteiger partial charge in [-0.1, -0.05) is 0 Å². The normalized spacial score (nSPS) is 7.20. The molecular formula is C2H9N3. The van der Waals surface area contributed by atoms with Crippen LogP contribution in [-0.2, 0) is 0 Å². The summed E-state index contributed by atoms with van der Waals surface area (Å²) < 4.78 is 0. The zero-order valence-corrected chi connectivity index (χ0v) is 3.02. The molecule has 0 bridgehead atoms. The van der Waals surface area contributed by atoms with Crippen molar-refractivity contribution in [2.75, 3.05) is 0 Å². The van der Waals surface area contributed by atoms with Crippen LogP contribution in [0.3, 0.4) is 0 Å². The van der Waals surface area contributed by atoms with Crippen LogP contribution in [0.25, 0.3) is 0 Å². The van der Waals surface area contributed by atoms with Crippen molar-refractivity contribution >= 4 is 0 Å². The lowest BCUT2D eigenvalue weighted by molar-refractivity contribution is 1.50. The second-order valence-corrected chi connectivity index (χ2v) is 0.385. The summed E-state index contributed by atoms with van der Waals surface area (Å²) in [5, 5.41) is 0. The zero-order valence-electron chi connectivity index (χ0n) is 3.02. The van der Waals surface area contributed by atoms with Crippen molar-refractivity contribution in [3.63, 3.8) is 0 Å². The molecule has 0 aliphatic rings.